The van der Waals surface area contributed by atoms with Crippen molar-refractivity contribution < 1.29 is 9.59 Å². The van der Waals surface area contributed by atoms with Crippen molar-refractivity contribution in [2.45, 2.75) is 6.92 Å². The molecule has 0 atom stereocenters. The minimum Gasteiger partial charge on any atom is -0.343 e. The zero-order valence-corrected chi connectivity index (χ0v) is 13.2. The largest absolute Gasteiger partial charge is 0.343 e. The maximum absolute atomic E-state index is 11.8. The summed E-state index contributed by atoms with van der Waals surface area (Å²) in [6.07, 6.45) is 3.02. The molecule has 0 aliphatic carbocycles. The zero-order valence-electron chi connectivity index (χ0n) is 12.4. The Balaban J connectivity index is 1.84. The molecule has 23 heavy (non-hydrogen) atoms. The number of nitrogens with zero attached hydrogens (tertiary/aromatic N) is 2. The van der Waals surface area contributed by atoms with Crippen LogP contribution < -0.4 is 10.7 Å². The van der Waals surface area contributed by atoms with Gasteiger partial charge in [0.2, 0.25) is 0 Å². The molecular formula is C16H15ClN4O2. The van der Waals surface area contributed by atoms with E-state index in [-0.39, 0.29) is 12.5 Å². The Labute approximate surface area is 138 Å². The lowest BCUT2D eigenvalue weighted by Gasteiger charge is -2.05. The lowest BCUT2D eigenvalue weighted by molar-refractivity contribution is -0.120. The highest BCUT2D eigenvalue weighted by Gasteiger charge is 2.07. The van der Waals surface area contributed by atoms with Crippen molar-refractivity contribution in [1.29, 1.82) is 0 Å². The van der Waals surface area contributed by atoms with Crippen molar-refractivity contribution in [2.24, 2.45) is 5.10 Å². The minimum atomic E-state index is -0.416. The molecule has 0 saturated carbocycles. The number of nitrogens with one attached hydrogen (secondary N) is 2. The molecule has 2 N–H and O–H groups in total. The van der Waals surface area contributed by atoms with Crippen LogP contribution in [0.5, 0.6) is 0 Å². The van der Waals surface area contributed by atoms with Crippen LogP contribution in [0.25, 0.3) is 0 Å². The third-order valence-electron chi connectivity index (χ3n) is 2.96. The van der Waals surface area contributed by atoms with Gasteiger partial charge in [-0.05, 0) is 36.8 Å². The Bertz CT molecular complexity index is 715. The van der Waals surface area contributed by atoms with Crippen molar-refractivity contribution in [3.05, 3.63) is 64.9 Å². The van der Waals surface area contributed by atoms with Gasteiger partial charge in [-0.25, -0.2) is 5.43 Å². The predicted octanol–water partition coefficient (Wildman–Crippen LogP) is 2.01. The van der Waals surface area contributed by atoms with Gasteiger partial charge in [0.15, 0.2) is 0 Å². The Morgan fingerprint density at radius 2 is 1.74 bits per heavy atom. The van der Waals surface area contributed by atoms with Crippen LogP contribution in [-0.2, 0) is 4.79 Å². The number of hydrogen-bond acceptors (Lipinski definition) is 4. The maximum Gasteiger partial charge on any atom is 0.259 e. The molecule has 1 aromatic heterocycles. The van der Waals surface area contributed by atoms with E-state index in [1.807, 2.05) is 0 Å². The molecule has 0 radical (unpaired) electrons. The van der Waals surface area contributed by atoms with Crippen molar-refractivity contribution >= 4 is 29.1 Å². The predicted molar refractivity (Wildman–Crippen MR) is 88.4 cm³/mol. The van der Waals surface area contributed by atoms with Crippen LogP contribution in [0, 0.1) is 0 Å². The van der Waals surface area contributed by atoms with Gasteiger partial charge in [0.05, 0.1) is 12.3 Å². The number of aromatic nitrogens is 1. The summed E-state index contributed by atoms with van der Waals surface area (Å²) in [6.45, 7) is 1.59. The molecule has 1 aromatic carbocycles. The van der Waals surface area contributed by atoms with Gasteiger partial charge in [0.1, 0.15) is 0 Å². The van der Waals surface area contributed by atoms with Crippen molar-refractivity contribution in [2.75, 3.05) is 6.54 Å². The van der Waals surface area contributed by atoms with Crippen LogP contribution in [-0.4, -0.2) is 29.1 Å². The molecule has 0 unspecified atom stereocenters. The molecular weight excluding hydrogens is 316 g/mol. The second-order valence-electron chi connectivity index (χ2n) is 4.66. The first-order chi connectivity index (χ1) is 11.1. The number of rotatable bonds is 5. The van der Waals surface area contributed by atoms with Gasteiger partial charge in [0, 0.05) is 23.0 Å². The minimum absolute atomic E-state index is 0.168. The van der Waals surface area contributed by atoms with Gasteiger partial charge in [-0.3, -0.25) is 14.6 Å². The zero-order chi connectivity index (χ0) is 16.7. The molecule has 6 nitrogen and oxygen atoms in total. The summed E-state index contributed by atoms with van der Waals surface area (Å²) in [7, 11) is 0. The van der Waals surface area contributed by atoms with E-state index in [2.05, 4.69) is 20.8 Å². The molecule has 2 amide bonds. The summed E-state index contributed by atoms with van der Waals surface area (Å²) < 4.78 is 0. The third kappa shape index (κ3) is 5.19. The third-order valence-corrected chi connectivity index (χ3v) is 3.21. The number of amides is 2. The average Bonchev–Trinajstić information content (AvgIpc) is 2.59. The fourth-order valence-corrected chi connectivity index (χ4v) is 1.83. The van der Waals surface area contributed by atoms with Crippen molar-refractivity contribution in [3.63, 3.8) is 0 Å². The molecule has 1 heterocycles. The topological polar surface area (TPSA) is 83.5 Å². The Kier molecular flexibility index (Phi) is 5.82. The van der Waals surface area contributed by atoms with Crippen molar-refractivity contribution in [3.8, 4) is 0 Å². The first-order valence-corrected chi connectivity index (χ1v) is 7.21. The van der Waals surface area contributed by atoms with E-state index in [0.717, 1.165) is 5.56 Å². The number of carbonyl (C=O) groups excluding carboxylic acids is 2. The van der Waals surface area contributed by atoms with Gasteiger partial charge in [-0.15, -0.1) is 0 Å². The molecule has 0 fully saturated rings. The standard InChI is InChI=1S/C16H15ClN4O2/c1-11(12-2-4-14(17)5-3-12)20-21-15(22)10-19-16(23)13-6-8-18-9-7-13/h2-9H,10H2,1H3,(H,19,23)(H,21,22)/b20-11-. The number of hydrogen-bond donors (Lipinski definition) is 2. The Morgan fingerprint density at radius 1 is 1.09 bits per heavy atom. The maximum atomic E-state index is 11.8. The van der Waals surface area contributed by atoms with Crippen molar-refractivity contribution in [1.82, 2.24) is 15.7 Å². The highest BCUT2D eigenvalue weighted by Crippen LogP contribution is 2.09. The van der Waals surface area contributed by atoms with Gasteiger partial charge in [-0.1, -0.05) is 23.7 Å². The van der Waals surface area contributed by atoms with E-state index in [0.29, 0.717) is 16.3 Å². The van der Waals surface area contributed by atoms with Crippen LogP contribution in [0.3, 0.4) is 0 Å². The molecule has 118 valence electrons. The molecule has 0 saturated heterocycles. The SMILES string of the molecule is C/C(=N/NC(=O)CNC(=O)c1ccncc1)c1ccc(Cl)cc1. The number of carbonyl (C=O) groups is 2. The highest BCUT2D eigenvalue weighted by molar-refractivity contribution is 6.30. The Hall–Kier alpha value is -2.73. The fourth-order valence-electron chi connectivity index (χ4n) is 1.71. The highest BCUT2D eigenvalue weighted by atomic mass is 35.5. The number of halogens is 1. The molecule has 0 bridgehead atoms. The van der Waals surface area contributed by atoms with E-state index in [1.54, 1.807) is 43.3 Å². The first-order valence-electron chi connectivity index (χ1n) is 6.83. The number of benzene rings is 1. The summed E-state index contributed by atoms with van der Waals surface area (Å²) >= 11 is 5.81. The van der Waals surface area contributed by atoms with Crippen LogP contribution in [0.15, 0.2) is 53.9 Å². The van der Waals surface area contributed by atoms with Crippen LogP contribution >= 0.6 is 11.6 Å². The number of hydrazone groups is 1. The molecule has 7 heteroatoms. The average molecular weight is 331 g/mol. The summed E-state index contributed by atoms with van der Waals surface area (Å²) in [5.74, 6) is -0.762. The molecule has 0 spiro atoms. The van der Waals surface area contributed by atoms with Gasteiger partial charge in [-0.2, -0.15) is 5.10 Å². The van der Waals surface area contributed by atoms with Crippen LogP contribution in [0.2, 0.25) is 5.02 Å². The fraction of sp³-hybridized carbons (Fsp3) is 0.125. The van der Waals surface area contributed by atoms with E-state index in [9.17, 15) is 9.59 Å². The molecule has 2 rings (SSSR count). The van der Waals surface area contributed by atoms with Gasteiger partial charge >= 0.3 is 0 Å². The Morgan fingerprint density at radius 3 is 2.39 bits per heavy atom. The quantitative estimate of drug-likeness (QED) is 0.649. The van der Waals surface area contributed by atoms with Crippen LogP contribution in [0.1, 0.15) is 22.8 Å². The molecule has 2 aromatic rings. The number of pyridine rings is 1. The molecule has 0 aliphatic heterocycles. The lowest BCUT2D eigenvalue weighted by atomic mass is 10.1. The first kappa shape index (κ1) is 16.6. The summed E-state index contributed by atoms with van der Waals surface area (Å²) in [4.78, 5) is 27.3. The van der Waals surface area contributed by atoms with E-state index in [1.165, 1.54) is 12.4 Å². The van der Waals surface area contributed by atoms with E-state index >= 15 is 0 Å². The summed E-state index contributed by atoms with van der Waals surface area (Å²) in [6, 6.07) is 10.2. The smallest absolute Gasteiger partial charge is 0.259 e. The second-order valence-corrected chi connectivity index (χ2v) is 5.09. The van der Waals surface area contributed by atoms with Gasteiger partial charge < -0.3 is 5.32 Å². The van der Waals surface area contributed by atoms with Crippen LogP contribution in [0.4, 0.5) is 0 Å². The monoisotopic (exact) mass is 330 g/mol. The lowest BCUT2D eigenvalue weighted by Crippen LogP contribution is -2.35. The van der Waals surface area contributed by atoms with E-state index in [4.69, 9.17) is 11.6 Å². The normalized spacial score (nSPS) is 11.0. The summed E-state index contributed by atoms with van der Waals surface area (Å²) in [5, 5.41) is 7.12. The van der Waals surface area contributed by atoms with E-state index < -0.39 is 5.91 Å². The second kappa shape index (κ2) is 8.05. The van der Waals surface area contributed by atoms with Gasteiger partial charge in [0.25, 0.3) is 11.8 Å². The summed E-state index contributed by atoms with van der Waals surface area (Å²) in [5.41, 5.74) is 4.31. The molecule has 0 aliphatic rings.